The largest absolute Gasteiger partial charge is 0.504 e. The zero-order valence-corrected chi connectivity index (χ0v) is 11.6. The van der Waals surface area contributed by atoms with Crippen LogP contribution in [-0.2, 0) is 0 Å². The molecule has 0 heterocycles. The van der Waals surface area contributed by atoms with Crippen LogP contribution < -0.4 is 0 Å². The normalized spacial score (nSPS) is 12.0. The molecule has 5 aromatic rings. The number of phenolic OH excluding ortho intramolecular Hbond substituents is 2. The molecule has 1 radical (unpaired) electrons. The first-order valence-electron chi connectivity index (χ1n) is 7.18. The summed E-state index contributed by atoms with van der Waals surface area (Å²) in [6.07, 6.45) is 0. The molecule has 0 aliphatic carbocycles. The average Bonchev–Trinajstić information content (AvgIpc) is 2.56. The van der Waals surface area contributed by atoms with Crippen LogP contribution in [0, 0.1) is 6.07 Å². The predicted octanol–water partition coefficient (Wildman–Crippen LogP) is 4.95. The minimum absolute atomic E-state index is 0.104. The van der Waals surface area contributed by atoms with Crippen molar-refractivity contribution < 1.29 is 10.2 Å². The van der Waals surface area contributed by atoms with Gasteiger partial charge in [0.2, 0.25) is 0 Å². The van der Waals surface area contributed by atoms with E-state index in [-0.39, 0.29) is 11.5 Å². The van der Waals surface area contributed by atoms with E-state index in [1.165, 1.54) is 10.8 Å². The molecular formula is C20H11O2. The van der Waals surface area contributed by atoms with E-state index in [1.807, 2.05) is 24.3 Å². The summed E-state index contributed by atoms with van der Waals surface area (Å²) in [5, 5.41) is 28.3. The van der Waals surface area contributed by atoms with Crippen molar-refractivity contribution in [3.05, 3.63) is 60.7 Å². The van der Waals surface area contributed by atoms with E-state index in [0.717, 1.165) is 26.9 Å². The summed E-state index contributed by atoms with van der Waals surface area (Å²) in [7, 11) is 0. The third-order valence-corrected chi connectivity index (χ3v) is 4.50. The smallest absolute Gasteiger partial charge is 0.166 e. The number of benzene rings is 5. The van der Waals surface area contributed by atoms with Crippen molar-refractivity contribution in [2.24, 2.45) is 0 Å². The lowest BCUT2D eigenvalue weighted by Gasteiger charge is -2.15. The lowest BCUT2D eigenvalue weighted by atomic mass is 9.89. The zero-order chi connectivity index (χ0) is 14.8. The van der Waals surface area contributed by atoms with Crippen LogP contribution in [0.25, 0.3) is 43.1 Å². The number of rotatable bonds is 0. The number of fused-ring (bicyclic) bond motifs is 2. The molecule has 5 aromatic carbocycles. The van der Waals surface area contributed by atoms with Gasteiger partial charge in [-0.1, -0.05) is 54.6 Å². The van der Waals surface area contributed by atoms with Gasteiger partial charge < -0.3 is 10.2 Å². The van der Waals surface area contributed by atoms with Crippen molar-refractivity contribution in [3.8, 4) is 11.5 Å². The van der Waals surface area contributed by atoms with Crippen molar-refractivity contribution in [2.75, 3.05) is 0 Å². The quantitative estimate of drug-likeness (QED) is 0.240. The first kappa shape index (κ1) is 11.6. The zero-order valence-electron chi connectivity index (χ0n) is 11.6. The fourth-order valence-corrected chi connectivity index (χ4v) is 3.59. The Morgan fingerprint density at radius 1 is 0.636 bits per heavy atom. The van der Waals surface area contributed by atoms with Crippen molar-refractivity contribution in [2.45, 2.75) is 0 Å². The van der Waals surface area contributed by atoms with Crippen LogP contribution in [0.3, 0.4) is 0 Å². The average molecular weight is 283 g/mol. The van der Waals surface area contributed by atoms with E-state index in [4.69, 9.17) is 0 Å². The molecule has 0 saturated carbocycles. The van der Waals surface area contributed by atoms with Crippen LogP contribution in [0.2, 0.25) is 0 Å². The highest BCUT2D eigenvalue weighted by Gasteiger charge is 2.16. The monoisotopic (exact) mass is 283 g/mol. The molecule has 0 aromatic heterocycles. The molecule has 2 nitrogen and oxygen atoms in total. The molecule has 0 bridgehead atoms. The molecule has 0 spiro atoms. The van der Waals surface area contributed by atoms with Gasteiger partial charge in [0.15, 0.2) is 11.5 Å². The lowest BCUT2D eigenvalue weighted by molar-refractivity contribution is 0.408. The maximum atomic E-state index is 10.2. The van der Waals surface area contributed by atoms with Gasteiger partial charge in [-0.15, -0.1) is 0 Å². The van der Waals surface area contributed by atoms with Gasteiger partial charge in [-0.25, -0.2) is 0 Å². The molecule has 22 heavy (non-hydrogen) atoms. The molecular weight excluding hydrogens is 272 g/mol. The Labute approximate surface area is 126 Å². The number of hydrogen-bond donors (Lipinski definition) is 2. The second-order valence-electron chi connectivity index (χ2n) is 5.63. The van der Waals surface area contributed by atoms with E-state index in [1.54, 1.807) is 0 Å². The molecule has 0 aliphatic rings. The highest BCUT2D eigenvalue weighted by Crippen LogP contribution is 2.45. The van der Waals surface area contributed by atoms with E-state index in [2.05, 4.69) is 36.4 Å². The maximum Gasteiger partial charge on any atom is 0.166 e. The first-order valence-corrected chi connectivity index (χ1v) is 7.18. The second-order valence-corrected chi connectivity index (χ2v) is 5.63. The van der Waals surface area contributed by atoms with E-state index in [9.17, 15) is 10.2 Å². The van der Waals surface area contributed by atoms with Gasteiger partial charge in [0.05, 0.1) is 0 Å². The Morgan fingerprint density at radius 2 is 1.23 bits per heavy atom. The molecule has 103 valence electrons. The second kappa shape index (κ2) is 3.80. The number of aromatic hydroxyl groups is 2. The third-order valence-electron chi connectivity index (χ3n) is 4.50. The Bertz CT molecular complexity index is 1180. The molecule has 0 fully saturated rings. The molecule has 0 amide bonds. The van der Waals surface area contributed by atoms with Crippen LogP contribution in [0.15, 0.2) is 54.6 Å². The van der Waals surface area contributed by atoms with Crippen LogP contribution in [-0.4, -0.2) is 10.2 Å². The molecule has 2 heteroatoms. The number of phenols is 2. The summed E-state index contributed by atoms with van der Waals surface area (Å²) in [5.74, 6) is -0.303. The summed E-state index contributed by atoms with van der Waals surface area (Å²) in [4.78, 5) is 0. The molecule has 2 N–H and O–H groups in total. The van der Waals surface area contributed by atoms with Crippen molar-refractivity contribution in [1.82, 2.24) is 0 Å². The molecule has 0 aliphatic heterocycles. The van der Waals surface area contributed by atoms with Gasteiger partial charge in [-0.05, 0) is 26.9 Å². The standard InChI is InChI=1S/C20H11O2/c21-17-10-16-14-7-2-5-11-4-1-6-12(18(11)14)13-8-3-9-15(19(13)16)20(17)22/h1-9,21-22H. The van der Waals surface area contributed by atoms with Gasteiger partial charge >= 0.3 is 0 Å². The molecule has 0 unspecified atom stereocenters. The van der Waals surface area contributed by atoms with Gasteiger partial charge in [0.1, 0.15) is 0 Å². The third kappa shape index (κ3) is 1.25. The van der Waals surface area contributed by atoms with Crippen molar-refractivity contribution in [3.63, 3.8) is 0 Å². The van der Waals surface area contributed by atoms with Gasteiger partial charge in [-0.2, -0.15) is 0 Å². The summed E-state index contributed by atoms with van der Waals surface area (Å²) in [5.41, 5.74) is 0. The topological polar surface area (TPSA) is 40.5 Å². The first-order chi connectivity index (χ1) is 10.8. The minimum Gasteiger partial charge on any atom is -0.504 e. The van der Waals surface area contributed by atoms with Gasteiger partial charge in [-0.3, -0.25) is 0 Å². The van der Waals surface area contributed by atoms with Crippen LogP contribution in [0.5, 0.6) is 11.5 Å². The fourth-order valence-electron chi connectivity index (χ4n) is 3.59. The minimum atomic E-state index is -0.198. The van der Waals surface area contributed by atoms with Crippen LogP contribution >= 0.6 is 0 Å². The van der Waals surface area contributed by atoms with Gasteiger partial charge in [0.25, 0.3) is 0 Å². The summed E-state index contributed by atoms with van der Waals surface area (Å²) >= 11 is 0. The fraction of sp³-hybridized carbons (Fsp3) is 0. The number of hydrogen-bond acceptors (Lipinski definition) is 2. The summed E-state index contributed by atoms with van der Waals surface area (Å²) in [6, 6.07) is 21.2. The lowest BCUT2D eigenvalue weighted by Crippen LogP contribution is -1.87. The van der Waals surface area contributed by atoms with Crippen molar-refractivity contribution in [1.29, 1.82) is 0 Å². The highest BCUT2D eigenvalue weighted by atomic mass is 16.3. The summed E-state index contributed by atoms with van der Waals surface area (Å²) < 4.78 is 0. The molecule has 0 saturated heterocycles. The Balaban J connectivity index is 2.29. The van der Waals surface area contributed by atoms with Crippen molar-refractivity contribution >= 4 is 43.1 Å². The highest BCUT2D eigenvalue weighted by molar-refractivity contribution is 6.33. The Kier molecular flexibility index (Phi) is 2.01. The predicted molar refractivity (Wildman–Crippen MR) is 89.8 cm³/mol. The molecule has 5 rings (SSSR count). The van der Waals surface area contributed by atoms with Gasteiger partial charge in [0, 0.05) is 22.2 Å². The van der Waals surface area contributed by atoms with E-state index in [0.29, 0.717) is 5.39 Å². The van der Waals surface area contributed by atoms with Crippen LogP contribution in [0.4, 0.5) is 0 Å². The van der Waals surface area contributed by atoms with E-state index < -0.39 is 0 Å². The SMILES string of the molecule is Oc1[c]c2c3cccc4cccc(c5cccc(c1O)c25)c43. The van der Waals surface area contributed by atoms with Crippen LogP contribution in [0.1, 0.15) is 0 Å². The maximum absolute atomic E-state index is 10.2. The summed E-state index contributed by atoms with van der Waals surface area (Å²) in [6.45, 7) is 0. The Morgan fingerprint density at radius 3 is 2.00 bits per heavy atom. The molecule has 0 atom stereocenters. The Hall–Kier alpha value is -3.00. The van der Waals surface area contributed by atoms with E-state index >= 15 is 0 Å².